The van der Waals surface area contributed by atoms with E-state index in [9.17, 15) is 9.59 Å². The Morgan fingerprint density at radius 2 is 1.90 bits per heavy atom. The first-order valence-corrected chi connectivity index (χ1v) is 10.7. The van der Waals surface area contributed by atoms with E-state index in [2.05, 4.69) is 23.3 Å². The zero-order valence-electron chi connectivity index (χ0n) is 16.8. The number of aromatic nitrogens is 2. The van der Waals surface area contributed by atoms with Crippen molar-refractivity contribution in [3.63, 3.8) is 0 Å². The first-order valence-electron chi connectivity index (χ1n) is 9.44. The quantitative estimate of drug-likeness (QED) is 0.468. The molecule has 0 saturated carbocycles. The van der Waals surface area contributed by atoms with Crippen molar-refractivity contribution in [2.45, 2.75) is 27.3 Å². The van der Waals surface area contributed by atoms with Crippen LogP contribution in [0.15, 0.2) is 52.9 Å². The molecular formula is C23H20ClN3O2S. The van der Waals surface area contributed by atoms with Gasteiger partial charge in [0.05, 0.1) is 11.7 Å². The van der Waals surface area contributed by atoms with E-state index in [4.69, 9.17) is 11.6 Å². The molecule has 1 N–H and O–H groups in total. The second-order valence-corrected chi connectivity index (χ2v) is 8.61. The molecule has 0 bridgehead atoms. The molecule has 0 saturated heterocycles. The number of carbonyl (C=O) groups excluding carboxylic acids is 1. The van der Waals surface area contributed by atoms with Crippen molar-refractivity contribution >= 4 is 44.7 Å². The molecule has 0 spiro atoms. The monoisotopic (exact) mass is 437 g/mol. The topological polar surface area (TPSA) is 64.0 Å². The summed E-state index contributed by atoms with van der Waals surface area (Å²) >= 11 is 7.40. The Kier molecular flexibility index (Phi) is 5.45. The van der Waals surface area contributed by atoms with Crippen LogP contribution in [0.4, 0.5) is 5.69 Å². The molecule has 4 rings (SSSR count). The lowest BCUT2D eigenvalue weighted by molar-refractivity contribution is -0.116. The summed E-state index contributed by atoms with van der Waals surface area (Å²) in [7, 11) is 0. The number of carbonyl (C=O) groups is 1. The van der Waals surface area contributed by atoms with Gasteiger partial charge in [0.15, 0.2) is 0 Å². The number of nitrogens with one attached hydrogen (secondary N) is 1. The van der Waals surface area contributed by atoms with Gasteiger partial charge in [-0.05, 0) is 61.2 Å². The maximum Gasteiger partial charge on any atom is 0.263 e. The Bertz CT molecular complexity index is 1340. The number of thiophene rings is 1. The largest absolute Gasteiger partial charge is 0.324 e. The van der Waals surface area contributed by atoms with Crippen LogP contribution in [-0.2, 0) is 11.3 Å². The third-order valence-corrected chi connectivity index (χ3v) is 6.28. The zero-order valence-corrected chi connectivity index (χ0v) is 18.4. The van der Waals surface area contributed by atoms with Gasteiger partial charge in [-0.25, -0.2) is 4.98 Å². The van der Waals surface area contributed by atoms with E-state index >= 15 is 0 Å². The average Bonchev–Trinajstić information content (AvgIpc) is 3.13. The van der Waals surface area contributed by atoms with Gasteiger partial charge in [0, 0.05) is 21.7 Å². The minimum absolute atomic E-state index is 0.119. The smallest absolute Gasteiger partial charge is 0.263 e. The van der Waals surface area contributed by atoms with Crippen molar-refractivity contribution in [1.29, 1.82) is 0 Å². The molecule has 2 heterocycles. The number of fused-ring (bicyclic) bond motifs is 1. The molecule has 0 aliphatic heterocycles. The first-order chi connectivity index (χ1) is 14.3. The second-order valence-electron chi connectivity index (χ2n) is 7.31. The molecule has 0 aliphatic rings. The van der Waals surface area contributed by atoms with E-state index in [0.29, 0.717) is 20.9 Å². The van der Waals surface area contributed by atoms with Crippen molar-refractivity contribution in [2.24, 2.45) is 0 Å². The van der Waals surface area contributed by atoms with E-state index in [1.165, 1.54) is 27.8 Å². The number of benzene rings is 2. The number of rotatable bonds is 4. The van der Waals surface area contributed by atoms with Crippen LogP contribution in [-0.4, -0.2) is 15.5 Å². The summed E-state index contributed by atoms with van der Waals surface area (Å²) in [6.45, 7) is 5.85. The molecule has 0 fully saturated rings. The van der Waals surface area contributed by atoms with E-state index in [1.807, 2.05) is 31.4 Å². The third kappa shape index (κ3) is 3.88. The van der Waals surface area contributed by atoms with Crippen molar-refractivity contribution in [3.8, 4) is 11.1 Å². The Labute approximate surface area is 183 Å². The number of hydrogen-bond donors (Lipinski definition) is 1. The van der Waals surface area contributed by atoms with Crippen molar-refractivity contribution < 1.29 is 4.79 Å². The maximum atomic E-state index is 13.2. The Morgan fingerprint density at radius 1 is 1.10 bits per heavy atom. The minimum atomic E-state index is -0.299. The van der Waals surface area contributed by atoms with E-state index in [1.54, 1.807) is 18.2 Å². The van der Waals surface area contributed by atoms with Crippen molar-refractivity contribution in [2.75, 3.05) is 5.32 Å². The minimum Gasteiger partial charge on any atom is -0.324 e. The number of anilines is 1. The van der Waals surface area contributed by atoms with E-state index < -0.39 is 0 Å². The molecule has 0 atom stereocenters. The molecule has 0 radical (unpaired) electrons. The van der Waals surface area contributed by atoms with Gasteiger partial charge in [-0.15, -0.1) is 11.3 Å². The standard InChI is InChI=1S/C23H20ClN3O2S/c1-13-4-5-16(8-14(13)2)18-11-30-22-21(18)23(29)27(12-25-22)10-20(28)26-19-7-6-17(24)9-15(19)3/h4-9,11-12H,10H2,1-3H3,(H,26,28). The molecule has 2 aromatic heterocycles. The van der Waals surface area contributed by atoms with Crippen molar-refractivity contribution in [3.05, 3.63) is 80.2 Å². The van der Waals surface area contributed by atoms with Crippen LogP contribution in [0.25, 0.3) is 21.3 Å². The van der Waals surface area contributed by atoms with Crippen LogP contribution >= 0.6 is 22.9 Å². The van der Waals surface area contributed by atoms with Gasteiger partial charge >= 0.3 is 0 Å². The Morgan fingerprint density at radius 3 is 2.63 bits per heavy atom. The van der Waals surface area contributed by atoms with Gasteiger partial charge in [-0.3, -0.25) is 14.2 Å². The van der Waals surface area contributed by atoms with E-state index in [0.717, 1.165) is 22.3 Å². The SMILES string of the molecule is Cc1ccc(-c2csc3ncn(CC(=O)Nc4ccc(Cl)cc4C)c(=O)c23)cc1C. The number of halogens is 1. The van der Waals surface area contributed by atoms with Crippen LogP contribution in [0, 0.1) is 20.8 Å². The third-order valence-electron chi connectivity index (χ3n) is 5.16. The van der Waals surface area contributed by atoms with Gasteiger partial charge in [0.25, 0.3) is 5.56 Å². The Balaban J connectivity index is 1.67. The van der Waals surface area contributed by atoms with Gasteiger partial charge in [-0.2, -0.15) is 0 Å². The summed E-state index contributed by atoms with van der Waals surface area (Å²) < 4.78 is 1.35. The van der Waals surface area contributed by atoms with Crippen LogP contribution in [0.1, 0.15) is 16.7 Å². The van der Waals surface area contributed by atoms with E-state index in [-0.39, 0.29) is 18.0 Å². The summed E-state index contributed by atoms with van der Waals surface area (Å²) in [5.41, 5.74) is 5.47. The Hall–Kier alpha value is -2.96. The first kappa shape index (κ1) is 20.3. The molecule has 4 aromatic rings. The van der Waals surface area contributed by atoms with Gasteiger partial charge < -0.3 is 5.32 Å². The molecule has 0 aliphatic carbocycles. The highest BCUT2D eigenvalue weighted by molar-refractivity contribution is 7.17. The van der Waals surface area contributed by atoms with Crippen LogP contribution in [0.2, 0.25) is 5.02 Å². The van der Waals surface area contributed by atoms with Gasteiger partial charge in [0.2, 0.25) is 5.91 Å². The summed E-state index contributed by atoms with van der Waals surface area (Å²) in [5.74, 6) is -0.299. The molecular weight excluding hydrogens is 418 g/mol. The molecule has 2 aromatic carbocycles. The normalized spacial score (nSPS) is 11.1. The highest BCUT2D eigenvalue weighted by atomic mass is 35.5. The fraction of sp³-hybridized carbons (Fsp3) is 0.174. The van der Waals surface area contributed by atoms with Crippen LogP contribution in [0.5, 0.6) is 0 Å². The lowest BCUT2D eigenvalue weighted by atomic mass is 10.0. The highest BCUT2D eigenvalue weighted by Crippen LogP contribution is 2.31. The predicted octanol–water partition coefficient (Wildman–Crippen LogP) is 5.34. The number of aryl methyl sites for hydroxylation is 3. The molecule has 7 heteroatoms. The fourth-order valence-electron chi connectivity index (χ4n) is 3.31. The predicted molar refractivity (Wildman–Crippen MR) is 124 cm³/mol. The second kappa shape index (κ2) is 8.05. The summed E-state index contributed by atoms with van der Waals surface area (Å²) in [4.78, 5) is 30.8. The average molecular weight is 438 g/mol. The lowest BCUT2D eigenvalue weighted by Gasteiger charge is -2.10. The van der Waals surface area contributed by atoms with Crippen LogP contribution < -0.4 is 10.9 Å². The highest BCUT2D eigenvalue weighted by Gasteiger charge is 2.15. The molecule has 1 amide bonds. The van der Waals surface area contributed by atoms with Crippen molar-refractivity contribution in [1.82, 2.24) is 9.55 Å². The maximum absolute atomic E-state index is 13.2. The molecule has 152 valence electrons. The summed E-state index contributed by atoms with van der Waals surface area (Å²) in [6, 6.07) is 11.4. The van der Waals surface area contributed by atoms with Crippen LogP contribution in [0.3, 0.4) is 0 Å². The van der Waals surface area contributed by atoms with Gasteiger partial charge in [0.1, 0.15) is 11.4 Å². The van der Waals surface area contributed by atoms with Gasteiger partial charge in [-0.1, -0.05) is 29.8 Å². The molecule has 5 nitrogen and oxygen atoms in total. The fourth-order valence-corrected chi connectivity index (χ4v) is 4.45. The number of hydrogen-bond acceptors (Lipinski definition) is 4. The molecule has 30 heavy (non-hydrogen) atoms. The number of amides is 1. The lowest BCUT2D eigenvalue weighted by Crippen LogP contribution is -2.28. The summed E-state index contributed by atoms with van der Waals surface area (Å²) in [5, 5.41) is 5.93. The number of nitrogens with zero attached hydrogens (tertiary/aromatic N) is 2. The summed E-state index contributed by atoms with van der Waals surface area (Å²) in [6.07, 6.45) is 1.43. The zero-order chi connectivity index (χ0) is 21.4. The molecule has 0 unspecified atom stereocenters.